The van der Waals surface area contributed by atoms with Gasteiger partial charge in [0.15, 0.2) is 0 Å². The Kier molecular flexibility index (Phi) is 6.57. The highest BCUT2D eigenvalue weighted by molar-refractivity contribution is 5.79. The molecule has 7 heteroatoms. The molecule has 0 spiro atoms. The molecule has 0 atom stereocenters. The molecule has 1 fully saturated rings. The summed E-state index contributed by atoms with van der Waals surface area (Å²) in [6.45, 7) is 2.12. The van der Waals surface area contributed by atoms with Crippen molar-refractivity contribution in [2.24, 2.45) is 0 Å². The molecule has 1 heterocycles. The summed E-state index contributed by atoms with van der Waals surface area (Å²) >= 11 is 0. The van der Waals surface area contributed by atoms with E-state index in [0.29, 0.717) is 26.2 Å². The third-order valence-electron chi connectivity index (χ3n) is 6.65. The van der Waals surface area contributed by atoms with Crippen molar-refractivity contribution < 1.29 is 23.8 Å². The van der Waals surface area contributed by atoms with Crippen LogP contribution in [0.4, 0.5) is 9.59 Å². The minimum atomic E-state index is -0.381. The second-order valence-electron chi connectivity index (χ2n) is 8.68. The minimum Gasteiger partial charge on any atom is -0.497 e. The van der Waals surface area contributed by atoms with Gasteiger partial charge in [0.1, 0.15) is 19.0 Å². The molecule has 1 aliphatic heterocycles. The van der Waals surface area contributed by atoms with Crippen molar-refractivity contribution in [3.8, 4) is 16.9 Å². The van der Waals surface area contributed by atoms with Crippen molar-refractivity contribution in [2.75, 3.05) is 39.9 Å². The Morgan fingerprint density at radius 3 is 1.80 bits per heavy atom. The highest BCUT2D eigenvalue weighted by Crippen LogP contribution is 2.44. The van der Waals surface area contributed by atoms with Gasteiger partial charge in [0.05, 0.1) is 7.11 Å². The van der Waals surface area contributed by atoms with Crippen LogP contribution in [0.25, 0.3) is 11.1 Å². The van der Waals surface area contributed by atoms with Gasteiger partial charge in [0, 0.05) is 32.1 Å². The molecule has 180 valence electrons. The average molecular weight is 473 g/mol. The van der Waals surface area contributed by atoms with Crippen molar-refractivity contribution >= 4 is 12.2 Å². The van der Waals surface area contributed by atoms with Gasteiger partial charge in [-0.2, -0.15) is 0 Å². The third kappa shape index (κ3) is 4.80. The molecule has 0 radical (unpaired) electrons. The highest BCUT2D eigenvalue weighted by Gasteiger charge is 2.31. The largest absolute Gasteiger partial charge is 0.497 e. The minimum absolute atomic E-state index is 0.0283. The average Bonchev–Trinajstić information content (AvgIpc) is 3.24. The molecule has 7 nitrogen and oxygen atoms in total. The predicted octanol–water partition coefficient (Wildman–Crippen LogP) is 4.90. The van der Waals surface area contributed by atoms with Crippen LogP contribution < -0.4 is 4.74 Å². The van der Waals surface area contributed by atoms with E-state index in [1.807, 2.05) is 48.5 Å². The lowest BCUT2D eigenvalue weighted by Crippen LogP contribution is -2.51. The zero-order valence-electron chi connectivity index (χ0n) is 19.7. The van der Waals surface area contributed by atoms with E-state index in [2.05, 4.69) is 24.3 Å². The number of piperazine rings is 1. The number of nitrogens with zero attached hydrogens (tertiary/aromatic N) is 2. The number of carbonyl (C=O) groups excluding carboxylic acids is 2. The monoisotopic (exact) mass is 472 g/mol. The molecule has 3 aromatic rings. The summed E-state index contributed by atoms with van der Waals surface area (Å²) in [5, 5.41) is 0. The van der Waals surface area contributed by atoms with Gasteiger partial charge < -0.3 is 24.0 Å². The van der Waals surface area contributed by atoms with Crippen LogP contribution in [0, 0.1) is 0 Å². The van der Waals surface area contributed by atoms with E-state index in [-0.39, 0.29) is 31.3 Å². The van der Waals surface area contributed by atoms with Crippen molar-refractivity contribution in [3.63, 3.8) is 0 Å². The molecule has 5 rings (SSSR count). The zero-order valence-corrected chi connectivity index (χ0v) is 19.7. The Bertz CT molecular complexity index is 1160. The van der Waals surface area contributed by atoms with Crippen molar-refractivity contribution in [2.45, 2.75) is 12.5 Å². The lowest BCUT2D eigenvalue weighted by Gasteiger charge is -2.33. The van der Waals surface area contributed by atoms with E-state index >= 15 is 0 Å². The van der Waals surface area contributed by atoms with E-state index in [1.165, 1.54) is 22.3 Å². The lowest BCUT2D eigenvalue weighted by atomic mass is 9.98. The summed E-state index contributed by atoms with van der Waals surface area (Å²) in [5.74, 6) is 0.782. The first kappa shape index (κ1) is 22.8. The van der Waals surface area contributed by atoms with Crippen LogP contribution in [0.1, 0.15) is 22.6 Å². The van der Waals surface area contributed by atoms with Crippen molar-refractivity contribution in [3.05, 3.63) is 89.5 Å². The van der Waals surface area contributed by atoms with E-state index in [9.17, 15) is 9.59 Å². The Balaban J connectivity index is 1.11. The lowest BCUT2D eigenvalue weighted by molar-refractivity contribution is 0.0572. The molecule has 0 aromatic heterocycles. The van der Waals surface area contributed by atoms with Gasteiger partial charge in [0.2, 0.25) is 0 Å². The van der Waals surface area contributed by atoms with Crippen LogP contribution >= 0.6 is 0 Å². The number of hydrogen-bond donors (Lipinski definition) is 0. The Morgan fingerprint density at radius 2 is 1.26 bits per heavy atom. The van der Waals surface area contributed by atoms with Crippen molar-refractivity contribution in [1.82, 2.24) is 9.80 Å². The third-order valence-corrected chi connectivity index (χ3v) is 6.65. The molecule has 2 aliphatic rings. The van der Waals surface area contributed by atoms with Crippen LogP contribution in [-0.4, -0.2) is 61.9 Å². The first-order valence-electron chi connectivity index (χ1n) is 11.8. The van der Waals surface area contributed by atoms with E-state index < -0.39 is 0 Å². The normalized spacial score (nSPS) is 14.8. The Hall–Kier alpha value is -4.00. The first-order valence-corrected chi connectivity index (χ1v) is 11.8. The molecule has 3 aromatic carbocycles. The second kappa shape index (κ2) is 10.1. The summed E-state index contributed by atoms with van der Waals surface area (Å²) in [6.07, 6.45) is -0.730. The quantitative estimate of drug-likeness (QED) is 0.529. The zero-order chi connectivity index (χ0) is 24.2. The first-order chi connectivity index (χ1) is 17.1. The van der Waals surface area contributed by atoms with Gasteiger partial charge in [-0.25, -0.2) is 9.59 Å². The van der Waals surface area contributed by atoms with Crippen LogP contribution in [0.5, 0.6) is 5.75 Å². The maximum Gasteiger partial charge on any atom is 0.410 e. The predicted molar refractivity (Wildman–Crippen MR) is 131 cm³/mol. The molecular weight excluding hydrogens is 444 g/mol. The van der Waals surface area contributed by atoms with Crippen LogP contribution in [-0.2, 0) is 16.1 Å². The van der Waals surface area contributed by atoms with Gasteiger partial charge in [0.25, 0.3) is 0 Å². The molecule has 1 aliphatic carbocycles. The summed E-state index contributed by atoms with van der Waals surface area (Å²) in [5.41, 5.74) is 5.66. The van der Waals surface area contributed by atoms with Crippen LogP contribution in [0.3, 0.4) is 0 Å². The topological polar surface area (TPSA) is 68.3 Å². The van der Waals surface area contributed by atoms with Gasteiger partial charge >= 0.3 is 12.2 Å². The van der Waals surface area contributed by atoms with E-state index in [0.717, 1.165) is 11.3 Å². The molecule has 2 amide bonds. The SMILES string of the molecule is COc1ccc(COC(=O)N2CCN(C(=O)OCC3c4ccccc4-c4ccccc43)CC2)cc1. The van der Waals surface area contributed by atoms with Gasteiger partial charge in [-0.3, -0.25) is 0 Å². The van der Waals surface area contributed by atoms with Crippen molar-refractivity contribution in [1.29, 1.82) is 0 Å². The van der Waals surface area contributed by atoms with Gasteiger partial charge in [-0.15, -0.1) is 0 Å². The molecule has 0 bridgehead atoms. The summed E-state index contributed by atoms with van der Waals surface area (Å²) in [4.78, 5) is 28.5. The molecule has 0 unspecified atom stereocenters. The smallest absolute Gasteiger partial charge is 0.410 e. The highest BCUT2D eigenvalue weighted by atomic mass is 16.6. The standard InChI is InChI=1S/C28H28N2O5/c1-33-21-12-10-20(11-13-21)18-34-27(31)29-14-16-30(17-15-29)28(32)35-19-26-24-8-4-2-6-22(24)23-7-3-5-9-25(23)26/h2-13,26H,14-19H2,1H3. The molecular formula is C28H28N2O5. The van der Waals surface area contributed by atoms with Gasteiger partial charge in [-0.1, -0.05) is 60.7 Å². The maximum absolute atomic E-state index is 12.8. The second-order valence-corrected chi connectivity index (χ2v) is 8.68. The van der Waals surface area contributed by atoms with Gasteiger partial charge in [-0.05, 0) is 39.9 Å². The fraction of sp³-hybridized carbons (Fsp3) is 0.286. The number of fused-ring (bicyclic) bond motifs is 3. The number of hydrogen-bond acceptors (Lipinski definition) is 5. The Labute approximate surface area is 204 Å². The summed E-state index contributed by atoms with van der Waals surface area (Å²) in [6, 6.07) is 23.9. The molecule has 0 saturated carbocycles. The van der Waals surface area contributed by atoms with E-state index in [4.69, 9.17) is 14.2 Å². The summed E-state index contributed by atoms with van der Waals surface area (Å²) in [7, 11) is 1.61. The maximum atomic E-state index is 12.8. The summed E-state index contributed by atoms with van der Waals surface area (Å²) < 4.78 is 16.3. The number of ether oxygens (including phenoxy) is 3. The number of methoxy groups -OCH3 is 1. The van der Waals surface area contributed by atoms with E-state index in [1.54, 1.807) is 16.9 Å². The fourth-order valence-corrected chi connectivity index (χ4v) is 4.72. The van der Waals surface area contributed by atoms with Crippen LogP contribution in [0.15, 0.2) is 72.8 Å². The molecule has 0 N–H and O–H groups in total. The number of benzene rings is 3. The molecule has 1 saturated heterocycles. The Morgan fingerprint density at radius 1 is 0.743 bits per heavy atom. The van der Waals surface area contributed by atoms with Crippen LogP contribution in [0.2, 0.25) is 0 Å². The fourth-order valence-electron chi connectivity index (χ4n) is 4.72. The number of carbonyl (C=O) groups is 2. The number of rotatable bonds is 5. The molecule has 35 heavy (non-hydrogen) atoms. The number of amides is 2.